The number of aliphatic carboxylic acids is 1. The molecule has 2 N–H and O–H groups in total. The first-order chi connectivity index (χ1) is 8.86. The van der Waals surface area contributed by atoms with Crippen LogP contribution in [0.4, 0.5) is 15.8 Å². The molecule has 0 aromatic heterocycles. The van der Waals surface area contributed by atoms with E-state index in [9.17, 15) is 24.4 Å². The monoisotopic (exact) mass is 270 g/mol. The summed E-state index contributed by atoms with van der Waals surface area (Å²) in [6.45, 7) is 3.35. The van der Waals surface area contributed by atoms with Crippen LogP contribution >= 0.6 is 0 Å². The maximum absolute atomic E-state index is 13.7. The molecular weight excluding hydrogens is 255 g/mol. The number of hydrogen-bond donors (Lipinski definition) is 2. The van der Waals surface area contributed by atoms with E-state index in [4.69, 9.17) is 0 Å². The Kier molecular flexibility index (Phi) is 4.42. The lowest BCUT2D eigenvalue weighted by Gasteiger charge is -2.29. The predicted molar refractivity (Wildman–Crippen MR) is 67.6 cm³/mol. The van der Waals surface area contributed by atoms with Crippen molar-refractivity contribution >= 4 is 17.3 Å². The van der Waals surface area contributed by atoms with Gasteiger partial charge in [-0.05, 0) is 18.9 Å². The minimum absolute atomic E-state index is 0.0586. The summed E-state index contributed by atoms with van der Waals surface area (Å²) in [4.78, 5) is 21.1. The van der Waals surface area contributed by atoms with Crippen molar-refractivity contribution in [2.45, 2.75) is 32.2 Å². The molecule has 1 rings (SSSR count). The Hall–Kier alpha value is -2.18. The van der Waals surface area contributed by atoms with Gasteiger partial charge in [-0.2, -0.15) is 0 Å². The highest BCUT2D eigenvalue weighted by atomic mass is 19.1. The van der Waals surface area contributed by atoms with Crippen LogP contribution in [-0.2, 0) is 4.79 Å². The van der Waals surface area contributed by atoms with Gasteiger partial charge in [-0.3, -0.25) is 10.1 Å². The topological polar surface area (TPSA) is 92.5 Å². The number of nitro groups is 1. The smallest absolute Gasteiger partial charge is 0.329 e. The molecule has 0 amide bonds. The van der Waals surface area contributed by atoms with E-state index in [1.807, 2.05) is 0 Å². The normalized spacial score (nSPS) is 11.1. The van der Waals surface area contributed by atoms with Crippen molar-refractivity contribution in [3.8, 4) is 0 Å². The van der Waals surface area contributed by atoms with Gasteiger partial charge in [-0.1, -0.05) is 13.8 Å². The van der Waals surface area contributed by atoms with Crippen molar-refractivity contribution in [2.24, 2.45) is 0 Å². The van der Waals surface area contributed by atoms with Crippen molar-refractivity contribution in [1.29, 1.82) is 0 Å². The van der Waals surface area contributed by atoms with Crippen molar-refractivity contribution in [3.63, 3.8) is 0 Å². The fourth-order valence-corrected chi connectivity index (χ4v) is 1.76. The standard InChI is InChI=1S/C12H15FN2O4/c1-3-12(4-2,11(16)17)14-10-6-5-8(15(18)19)7-9(10)13/h5-7,14H,3-4H2,1-2H3,(H,16,17). The first-order valence-corrected chi connectivity index (χ1v) is 5.81. The number of nitrogens with zero attached hydrogens (tertiary/aromatic N) is 1. The largest absolute Gasteiger partial charge is 0.480 e. The van der Waals surface area contributed by atoms with Crippen LogP contribution in [0.15, 0.2) is 18.2 Å². The minimum Gasteiger partial charge on any atom is -0.480 e. The van der Waals surface area contributed by atoms with Gasteiger partial charge in [0.15, 0.2) is 5.82 Å². The molecule has 0 unspecified atom stereocenters. The Bertz CT molecular complexity index is 501. The summed E-state index contributed by atoms with van der Waals surface area (Å²) in [6, 6.07) is 3.07. The predicted octanol–water partition coefficient (Wildman–Crippen LogP) is 2.79. The molecule has 0 atom stereocenters. The molecule has 0 radical (unpaired) electrons. The Balaban J connectivity index is 3.11. The first kappa shape index (κ1) is 14.9. The molecule has 0 aliphatic heterocycles. The molecule has 19 heavy (non-hydrogen) atoms. The zero-order valence-electron chi connectivity index (χ0n) is 10.6. The number of hydrogen-bond acceptors (Lipinski definition) is 4. The highest BCUT2D eigenvalue weighted by Gasteiger charge is 2.35. The number of rotatable bonds is 6. The zero-order valence-corrected chi connectivity index (χ0v) is 10.6. The fraction of sp³-hybridized carbons (Fsp3) is 0.417. The Morgan fingerprint density at radius 1 is 1.47 bits per heavy atom. The van der Waals surface area contributed by atoms with Crippen LogP contribution in [0, 0.1) is 15.9 Å². The van der Waals surface area contributed by atoms with Gasteiger partial charge in [0.05, 0.1) is 16.7 Å². The molecule has 7 heteroatoms. The molecule has 0 fully saturated rings. The van der Waals surface area contributed by atoms with Crippen LogP contribution in [0.2, 0.25) is 0 Å². The van der Waals surface area contributed by atoms with Gasteiger partial charge in [0.25, 0.3) is 5.69 Å². The van der Waals surface area contributed by atoms with Gasteiger partial charge >= 0.3 is 5.97 Å². The average Bonchev–Trinajstić information content (AvgIpc) is 2.37. The number of carboxylic acids is 1. The van der Waals surface area contributed by atoms with E-state index in [0.29, 0.717) is 0 Å². The molecule has 6 nitrogen and oxygen atoms in total. The van der Waals surface area contributed by atoms with Gasteiger partial charge < -0.3 is 10.4 Å². The van der Waals surface area contributed by atoms with Crippen LogP contribution in [0.3, 0.4) is 0 Å². The van der Waals surface area contributed by atoms with Gasteiger partial charge in [-0.15, -0.1) is 0 Å². The van der Waals surface area contributed by atoms with Crippen LogP contribution in [0.5, 0.6) is 0 Å². The van der Waals surface area contributed by atoms with Gasteiger partial charge in [0.2, 0.25) is 0 Å². The Labute approximate surface area is 109 Å². The molecule has 0 saturated heterocycles. The fourth-order valence-electron chi connectivity index (χ4n) is 1.76. The van der Waals surface area contributed by atoms with Crippen molar-refractivity contribution in [3.05, 3.63) is 34.1 Å². The first-order valence-electron chi connectivity index (χ1n) is 5.81. The zero-order chi connectivity index (χ0) is 14.6. The molecule has 1 aromatic rings. The van der Waals surface area contributed by atoms with E-state index in [1.54, 1.807) is 13.8 Å². The number of anilines is 1. The van der Waals surface area contributed by atoms with Crippen LogP contribution in [-0.4, -0.2) is 21.5 Å². The van der Waals surface area contributed by atoms with Crippen LogP contribution < -0.4 is 5.32 Å². The summed E-state index contributed by atoms with van der Waals surface area (Å²) in [5.41, 5.74) is -1.72. The quantitative estimate of drug-likeness (QED) is 0.612. The maximum Gasteiger partial charge on any atom is 0.329 e. The Morgan fingerprint density at radius 3 is 2.42 bits per heavy atom. The third-order valence-corrected chi connectivity index (χ3v) is 3.15. The molecule has 0 spiro atoms. The van der Waals surface area contributed by atoms with E-state index in [2.05, 4.69) is 5.32 Å². The molecular formula is C12H15FN2O4. The molecule has 0 saturated carbocycles. The lowest BCUT2D eigenvalue weighted by molar-refractivity contribution is -0.385. The summed E-state index contributed by atoms with van der Waals surface area (Å²) in [5, 5.41) is 22.3. The number of nitrogens with one attached hydrogen (secondary N) is 1. The number of carbonyl (C=O) groups is 1. The molecule has 0 bridgehead atoms. The number of nitro benzene ring substituents is 1. The van der Waals surface area contributed by atoms with E-state index in [-0.39, 0.29) is 24.2 Å². The molecule has 0 aliphatic carbocycles. The third kappa shape index (κ3) is 2.98. The number of carboxylic acid groups (broad SMARTS) is 1. The van der Waals surface area contributed by atoms with Gasteiger partial charge in [-0.25, -0.2) is 9.18 Å². The van der Waals surface area contributed by atoms with E-state index in [0.717, 1.165) is 12.1 Å². The van der Waals surface area contributed by atoms with Crippen molar-refractivity contribution in [1.82, 2.24) is 0 Å². The number of benzene rings is 1. The van der Waals surface area contributed by atoms with E-state index < -0.39 is 22.2 Å². The van der Waals surface area contributed by atoms with E-state index in [1.165, 1.54) is 6.07 Å². The number of non-ortho nitro benzene ring substituents is 1. The average molecular weight is 270 g/mol. The van der Waals surface area contributed by atoms with Gasteiger partial charge in [0, 0.05) is 6.07 Å². The minimum atomic E-state index is -1.28. The van der Waals surface area contributed by atoms with Gasteiger partial charge in [0.1, 0.15) is 5.54 Å². The highest BCUT2D eigenvalue weighted by Crippen LogP contribution is 2.27. The SMILES string of the molecule is CCC(CC)(Nc1ccc([N+](=O)[O-])cc1F)C(=O)O. The lowest BCUT2D eigenvalue weighted by Crippen LogP contribution is -2.45. The second-order valence-corrected chi connectivity index (χ2v) is 4.14. The third-order valence-electron chi connectivity index (χ3n) is 3.15. The second kappa shape index (κ2) is 5.64. The maximum atomic E-state index is 13.7. The molecule has 1 aromatic carbocycles. The highest BCUT2D eigenvalue weighted by molar-refractivity contribution is 5.82. The molecule has 0 heterocycles. The summed E-state index contributed by atoms with van der Waals surface area (Å²) < 4.78 is 13.7. The van der Waals surface area contributed by atoms with Crippen LogP contribution in [0.25, 0.3) is 0 Å². The van der Waals surface area contributed by atoms with Crippen LogP contribution in [0.1, 0.15) is 26.7 Å². The van der Waals surface area contributed by atoms with Crippen molar-refractivity contribution < 1.29 is 19.2 Å². The summed E-state index contributed by atoms with van der Waals surface area (Å²) in [7, 11) is 0. The number of halogens is 1. The summed E-state index contributed by atoms with van der Waals surface area (Å²) in [6.07, 6.45) is 0.518. The Morgan fingerprint density at radius 2 is 2.05 bits per heavy atom. The summed E-state index contributed by atoms with van der Waals surface area (Å²) >= 11 is 0. The second-order valence-electron chi connectivity index (χ2n) is 4.14. The van der Waals surface area contributed by atoms with Crippen molar-refractivity contribution in [2.75, 3.05) is 5.32 Å². The van der Waals surface area contributed by atoms with E-state index >= 15 is 0 Å². The molecule has 0 aliphatic rings. The lowest BCUT2D eigenvalue weighted by atomic mass is 9.92. The summed E-state index contributed by atoms with van der Waals surface area (Å²) in [5.74, 6) is -1.93. The molecule has 104 valence electrons.